The fraction of sp³-hybridized carbons (Fsp3) is 0.417. The van der Waals surface area contributed by atoms with Crippen molar-refractivity contribution in [1.82, 2.24) is 0 Å². The molecule has 0 aliphatic carbocycles. The molecule has 7 heteroatoms. The normalized spacial score (nSPS) is 15.0. The van der Waals surface area contributed by atoms with E-state index in [1.54, 1.807) is 18.2 Å². The molecule has 0 fully saturated rings. The summed E-state index contributed by atoms with van der Waals surface area (Å²) >= 11 is 0. The van der Waals surface area contributed by atoms with E-state index in [0.29, 0.717) is 11.1 Å². The molecule has 0 amide bonds. The molecule has 0 radical (unpaired) electrons. The number of rotatable bonds is 5. The van der Waals surface area contributed by atoms with Crippen molar-refractivity contribution >= 4 is 13.6 Å². The molecule has 0 aromatic heterocycles. The maximum Gasteiger partial charge on any atom is 0.332 e. The van der Waals surface area contributed by atoms with E-state index in [2.05, 4.69) is 0 Å². The predicted octanol–water partition coefficient (Wildman–Crippen LogP) is 1.19. The minimum Gasteiger partial charge on any atom is -0.480 e. The third-order valence-electron chi connectivity index (χ3n) is 3.01. The molecule has 2 unspecified atom stereocenters. The van der Waals surface area contributed by atoms with Crippen LogP contribution in [0.15, 0.2) is 18.2 Å². The Labute approximate surface area is 111 Å². The summed E-state index contributed by atoms with van der Waals surface area (Å²) < 4.78 is 11.3. The van der Waals surface area contributed by atoms with Crippen LogP contribution in [0.1, 0.15) is 29.3 Å². The zero-order valence-corrected chi connectivity index (χ0v) is 11.7. The van der Waals surface area contributed by atoms with Gasteiger partial charge in [0.25, 0.3) is 0 Å². The molecule has 0 aliphatic rings. The van der Waals surface area contributed by atoms with Crippen molar-refractivity contribution in [2.45, 2.75) is 32.0 Å². The fourth-order valence-corrected chi connectivity index (χ4v) is 2.44. The average Bonchev–Trinajstić information content (AvgIpc) is 2.27. The summed E-state index contributed by atoms with van der Waals surface area (Å²) in [5.41, 5.74) is 6.39. The Balaban J connectivity index is 3.18. The van der Waals surface area contributed by atoms with Crippen LogP contribution in [0.25, 0.3) is 0 Å². The quantitative estimate of drug-likeness (QED) is 0.604. The van der Waals surface area contributed by atoms with Crippen molar-refractivity contribution in [3.8, 4) is 0 Å². The molecule has 2 atom stereocenters. The lowest BCUT2D eigenvalue weighted by Crippen LogP contribution is -2.32. The number of aliphatic carboxylic acids is 1. The summed E-state index contributed by atoms with van der Waals surface area (Å²) in [6, 6.07) is 3.97. The van der Waals surface area contributed by atoms with Crippen molar-refractivity contribution in [3.05, 3.63) is 34.9 Å². The largest absolute Gasteiger partial charge is 0.480 e. The van der Waals surface area contributed by atoms with E-state index in [0.717, 1.165) is 5.56 Å². The van der Waals surface area contributed by atoms with Gasteiger partial charge < -0.3 is 20.6 Å². The van der Waals surface area contributed by atoms with Gasteiger partial charge in [0, 0.05) is 0 Å². The SMILES string of the molecule is Cc1ccc(C(C)P(=O)(O)O)c(CC(N)C(=O)O)c1. The molecule has 19 heavy (non-hydrogen) atoms. The van der Waals surface area contributed by atoms with Gasteiger partial charge in [0.15, 0.2) is 0 Å². The highest BCUT2D eigenvalue weighted by atomic mass is 31.2. The second-order valence-electron chi connectivity index (χ2n) is 4.62. The van der Waals surface area contributed by atoms with Gasteiger partial charge in [0.1, 0.15) is 6.04 Å². The van der Waals surface area contributed by atoms with E-state index < -0.39 is 25.3 Å². The Morgan fingerprint density at radius 2 is 2.00 bits per heavy atom. The highest BCUT2D eigenvalue weighted by Gasteiger charge is 2.28. The third-order valence-corrected chi connectivity index (χ3v) is 4.30. The van der Waals surface area contributed by atoms with E-state index >= 15 is 0 Å². The fourth-order valence-electron chi connectivity index (χ4n) is 1.82. The van der Waals surface area contributed by atoms with E-state index in [9.17, 15) is 19.1 Å². The molecular weight excluding hydrogens is 269 g/mol. The lowest BCUT2D eigenvalue weighted by Gasteiger charge is -2.19. The van der Waals surface area contributed by atoms with Crippen molar-refractivity contribution < 1.29 is 24.3 Å². The monoisotopic (exact) mass is 287 g/mol. The number of benzene rings is 1. The van der Waals surface area contributed by atoms with Crippen LogP contribution in [0.5, 0.6) is 0 Å². The Kier molecular flexibility index (Phi) is 4.87. The molecule has 0 aliphatic heterocycles. The first kappa shape index (κ1) is 15.9. The number of carboxylic acid groups (broad SMARTS) is 1. The number of hydrogen-bond acceptors (Lipinski definition) is 3. The summed E-state index contributed by atoms with van der Waals surface area (Å²) in [5, 5.41) is 8.82. The van der Waals surface area contributed by atoms with Crippen molar-refractivity contribution in [3.63, 3.8) is 0 Å². The minimum absolute atomic E-state index is 0.0384. The van der Waals surface area contributed by atoms with Gasteiger partial charge >= 0.3 is 13.6 Å². The molecule has 1 aromatic rings. The molecule has 5 N–H and O–H groups in total. The van der Waals surface area contributed by atoms with E-state index in [1.807, 2.05) is 6.92 Å². The molecule has 6 nitrogen and oxygen atoms in total. The van der Waals surface area contributed by atoms with Gasteiger partial charge in [-0.3, -0.25) is 9.36 Å². The van der Waals surface area contributed by atoms with Crippen LogP contribution in [0.3, 0.4) is 0 Å². The van der Waals surface area contributed by atoms with Crippen LogP contribution in [0.4, 0.5) is 0 Å². The molecule has 0 spiro atoms. The second-order valence-corrected chi connectivity index (χ2v) is 6.57. The van der Waals surface area contributed by atoms with E-state index in [4.69, 9.17) is 10.8 Å². The average molecular weight is 287 g/mol. The van der Waals surface area contributed by atoms with Crippen LogP contribution < -0.4 is 5.73 Å². The molecule has 1 rings (SSSR count). The molecule has 0 bridgehead atoms. The lowest BCUT2D eigenvalue weighted by molar-refractivity contribution is -0.138. The maximum atomic E-state index is 11.3. The van der Waals surface area contributed by atoms with Crippen molar-refractivity contribution in [1.29, 1.82) is 0 Å². The van der Waals surface area contributed by atoms with Crippen LogP contribution in [-0.4, -0.2) is 26.9 Å². The number of nitrogens with two attached hydrogens (primary N) is 1. The Hall–Kier alpha value is -1.20. The van der Waals surface area contributed by atoms with Crippen LogP contribution >= 0.6 is 7.60 Å². The number of aryl methyl sites for hydroxylation is 1. The number of carboxylic acids is 1. The summed E-state index contributed by atoms with van der Waals surface area (Å²) in [6.45, 7) is 3.24. The standard InChI is InChI=1S/C12H18NO5P/c1-7-3-4-10(8(2)19(16,17)18)9(5-7)6-11(13)12(14)15/h3-5,8,11H,6,13H2,1-2H3,(H,14,15)(H2,16,17,18). The number of hydrogen-bond donors (Lipinski definition) is 4. The first-order valence-corrected chi connectivity index (χ1v) is 7.44. The van der Waals surface area contributed by atoms with Crippen LogP contribution in [0, 0.1) is 6.92 Å². The Morgan fingerprint density at radius 3 is 2.47 bits per heavy atom. The summed E-state index contributed by atoms with van der Waals surface area (Å²) in [4.78, 5) is 29.3. The van der Waals surface area contributed by atoms with Gasteiger partial charge in [-0.25, -0.2) is 0 Å². The second kappa shape index (κ2) is 5.84. The minimum atomic E-state index is -4.28. The first-order chi connectivity index (χ1) is 8.62. The highest BCUT2D eigenvalue weighted by Crippen LogP contribution is 2.52. The van der Waals surface area contributed by atoms with E-state index in [1.165, 1.54) is 6.92 Å². The van der Waals surface area contributed by atoms with Gasteiger partial charge in [-0.1, -0.05) is 23.8 Å². The van der Waals surface area contributed by atoms with Crippen LogP contribution in [-0.2, 0) is 15.8 Å². The maximum absolute atomic E-state index is 11.3. The Bertz CT molecular complexity index is 525. The summed E-state index contributed by atoms with van der Waals surface area (Å²) in [6.07, 6.45) is 0.0384. The van der Waals surface area contributed by atoms with Gasteiger partial charge in [-0.2, -0.15) is 0 Å². The smallest absolute Gasteiger partial charge is 0.332 e. The van der Waals surface area contributed by atoms with Crippen LogP contribution in [0.2, 0.25) is 0 Å². The molecule has 1 aromatic carbocycles. The highest BCUT2D eigenvalue weighted by molar-refractivity contribution is 7.52. The summed E-state index contributed by atoms with van der Waals surface area (Å²) in [7, 11) is -4.28. The van der Waals surface area contributed by atoms with E-state index in [-0.39, 0.29) is 6.42 Å². The molecule has 0 saturated heterocycles. The van der Waals surface area contributed by atoms with Gasteiger partial charge in [-0.05, 0) is 31.4 Å². The molecular formula is C12H18NO5P. The molecule has 0 saturated carbocycles. The lowest BCUT2D eigenvalue weighted by atomic mass is 9.97. The first-order valence-electron chi connectivity index (χ1n) is 5.76. The van der Waals surface area contributed by atoms with Gasteiger partial charge in [0.2, 0.25) is 0 Å². The molecule has 106 valence electrons. The third kappa shape index (κ3) is 4.14. The van der Waals surface area contributed by atoms with Gasteiger partial charge in [-0.15, -0.1) is 0 Å². The zero-order valence-electron chi connectivity index (χ0n) is 10.8. The van der Waals surface area contributed by atoms with Crippen molar-refractivity contribution in [2.75, 3.05) is 0 Å². The Morgan fingerprint density at radius 1 is 1.42 bits per heavy atom. The number of carbonyl (C=O) groups is 1. The zero-order chi connectivity index (χ0) is 14.8. The topological polar surface area (TPSA) is 121 Å². The summed E-state index contributed by atoms with van der Waals surface area (Å²) in [5.74, 6) is -1.14. The predicted molar refractivity (Wildman–Crippen MR) is 71.0 cm³/mol. The van der Waals surface area contributed by atoms with Crippen molar-refractivity contribution in [2.24, 2.45) is 5.73 Å². The van der Waals surface area contributed by atoms with Gasteiger partial charge in [0.05, 0.1) is 5.66 Å². The molecule has 0 heterocycles.